The molecule has 1 amide bonds. The van der Waals surface area contributed by atoms with E-state index in [0.717, 1.165) is 30.6 Å². The van der Waals surface area contributed by atoms with Crippen molar-refractivity contribution in [2.75, 3.05) is 53.4 Å². The van der Waals surface area contributed by atoms with Gasteiger partial charge in [-0.25, -0.2) is 0 Å². The van der Waals surface area contributed by atoms with Gasteiger partial charge in [0.2, 0.25) is 5.78 Å². The molecule has 0 unspecified atom stereocenters. The van der Waals surface area contributed by atoms with E-state index in [1.165, 1.54) is 4.90 Å². The van der Waals surface area contributed by atoms with Crippen LogP contribution in [0.3, 0.4) is 0 Å². The van der Waals surface area contributed by atoms with Crippen LogP contribution in [-0.4, -0.2) is 114 Å². The summed E-state index contributed by atoms with van der Waals surface area (Å²) in [5, 5.41) is 45.6. The number of hydrogen-bond acceptors (Lipinski definition) is 11. The number of rotatable bonds is 7. The molecule has 0 aromatic heterocycles. The zero-order chi connectivity index (χ0) is 30.8. The molecule has 1 saturated carbocycles. The number of ketones is 2. The van der Waals surface area contributed by atoms with E-state index in [1.54, 1.807) is 27.3 Å². The summed E-state index contributed by atoms with van der Waals surface area (Å²) in [6, 6.07) is 0.722. The van der Waals surface area contributed by atoms with Gasteiger partial charge >= 0.3 is 0 Å². The number of aliphatic hydroxyl groups is 3. The Kier molecular flexibility index (Phi) is 7.63. The van der Waals surface area contributed by atoms with Crippen LogP contribution in [0.1, 0.15) is 36.0 Å². The quantitative estimate of drug-likeness (QED) is 0.284. The smallest absolute Gasteiger partial charge is 0.255 e. The molecule has 5 rings (SSSR count). The number of nitrogens with two attached hydrogens (primary N) is 1. The largest absolute Gasteiger partial charge is 0.508 e. The van der Waals surface area contributed by atoms with E-state index < -0.39 is 58.0 Å². The number of anilines is 1. The molecule has 0 bridgehead atoms. The lowest BCUT2D eigenvalue weighted by atomic mass is 9.57. The zero-order valence-electron chi connectivity index (χ0n) is 24.7. The van der Waals surface area contributed by atoms with Crippen LogP contribution in [0, 0.1) is 11.8 Å². The van der Waals surface area contributed by atoms with Gasteiger partial charge in [-0.3, -0.25) is 24.2 Å². The maximum atomic E-state index is 14.1. The monoisotopic (exact) mass is 584 g/mol. The molecule has 0 spiro atoms. The number of primary amides is 1. The summed E-state index contributed by atoms with van der Waals surface area (Å²) < 4.78 is 5.41. The van der Waals surface area contributed by atoms with Crippen LogP contribution in [-0.2, 0) is 32.1 Å². The molecular formula is C30H40N4O8. The van der Waals surface area contributed by atoms with Crippen molar-refractivity contribution in [3.63, 3.8) is 0 Å². The molecule has 3 aliphatic carbocycles. The highest BCUT2D eigenvalue weighted by molar-refractivity contribution is 6.24. The molecule has 2 fully saturated rings. The number of methoxy groups -OCH3 is 1. The van der Waals surface area contributed by atoms with Gasteiger partial charge in [-0.15, -0.1) is 0 Å². The fourth-order valence-corrected chi connectivity index (χ4v) is 7.75. The summed E-state index contributed by atoms with van der Waals surface area (Å²) >= 11 is 0. The number of ether oxygens (including phenoxy) is 1. The number of nitrogens with zero attached hydrogens (tertiary/aromatic N) is 3. The second-order valence-corrected chi connectivity index (χ2v) is 12.3. The first-order valence-corrected chi connectivity index (χ1v) is 14.2. The van der Waals surface area contributed by atoms with Crippen molar-refractivity contribution in [3.05, 3.63) is 39.7 Å². The fourth-order valence-electron chi connectivity index (χ4n) is 7.75. The molecule has 1 aliphatic heterocycles. The highest BCUT2D eigenvalue weighted by Gasteiger charge is 2.64. The van der Waals surface area contributed by atoms with Crippen LogP contribution in [0.5, 0.6) is 5.75 Å². The van der Waals surface area contributed by atoms with Crippen molar-refractivity contribution >= 4 is 28.9 Å². The van der Waals surface area contributed by atoms with Crippen molar-refractivity contribution in [3.8, 4) is 5.75 Å². The number of fused-ring (bicyclic) bond motifs is 3. The Morgan fingerprint density at radius 3 is 2.48 bits per heavy atom. The minimum Gasteiger partial charge on any atom is -0.508 e. The maximum absolute atomic E-state index is 14.1. The number of phenols is 1. The summed E-state index contributed by atoms with van der Waals surface area (Å²) in [4.78, 5) is 45.3. The number of carbonyl (C=O) groups excluding carboxylic acids is 3. The molecule has 1 heterocycles. The van der Waals surface area contributed by atoms with Crippen LogP contribution < -0.4 is 10.6 Å². The van der Waals surface area contributed by atoms with Crippen molar-refractivity contribution < 1.29 is 39.5 Å². The third-order valence-electron chi connectivity index (χ3n) is 9.45. The Hall–Kier alpha value is -3.45. The Bertz CT molecular complexity index is 1420. The van der Waals surface area contributed by atoms with Gasteiger partial charge in [-0.2, -0.15) is 0 Å². The third kappa shape index (κ3) is 4.31. The first kappa shape index (κ1) is 30.0. The summed E-state index contributed by atoms with van der Waals surface area (Å²) in [7, 11) is 8.60. The van der Waals surface area contributed by atoms with Crippen molar-refractivity contribution in [2.24, 2.45) is 17.6 Å². The number of likely N-dealkylation sites (tertiary alicyclic amines) is 1. The molecule has 4 aliphatic rings. The second kappa shape index (κ2) is 10.7. The number of hydrogen-bond donors (Lipinski definition) is 5. The van der Waals surface area contributed by atoms with Crippen LogP contribution in [0.15, 0.2) is 23.0 Å². The topological polar surface area (TPSA) is 177 Å². The number of amides is 1. The Morgan fingerprint density at radius 2 is 1.88 bits per heavy atom. The minimum absolute atomic E-state index is 0.0473. The van der Waals surface area contributed by atoms with Gasteiger partial charge in [0, 0.05) is 51.0 Å². The molecular weight excluding hydrogens is 544 g/mol. The molecule has 42 heavy (non-hydrogen) atoms. The number of benzene rings is 1. The lowest BCUT2D eigenvalue weighted by Gasteiger charge is -2.50. The van der Waals surface area contributed by atoms with Gasteiger partial charge < -0.3 is 35.8 Å². The molecule has 1 aromatic carbocycles. The van der Waals surface area contributed by atoms with Crippen LogP contribution >= 0.6 is 0 Å². The summed E-state index contributed by atoms with van der Waals surface area (Å²) in [6.45, 7) is 2.03. The third-order valence-corrected chi connectivity index (χ3v) is 9.45. The number of likely N-dealkylation sites (N-methyl/N-ethyl adjacent to an activating group) is 1. The predicted octanol–water partition coefficient (Wildman–Crippen LogP) is 0.641. The van der Waals surface area contributed by atoms with E-state index in [-0.39, 0.29) is 35.8 Å². The van der Waals surface area contributed by atoms with E-state index in [4.69, 9.17) is 10.5 Å². The number of Topliss-reactive ketones (excluding diaryl/α,β-unsaturated/α-hetero) is 2. The minimum atomic E-state index is -2.66. The number of aromatic hydroxyl groups is 1. The number of carbonyl (C=O) groups is 3. The summed E-state index contributed by atoms with van der Waals surface area (Å²) in [6.07, 6.45) is 2.33. The van der Waals surface area contributed by atoms with Gasteiger partial charge in [0.1, 0.15) is 22.8 Å². The van der Waals surface area contributed by atoms with E-state index in [1.807, 2.05) is 19.0 Å². The standard InChI is InChI=1S/C30H40N4O8/c1-32(2)23-15(12-34-8-6-7-16(34)13-42-5)11-19(35)21-17(23)9-14-10-18-24(33(3)4)26(37)22(29(31)40)28(39)30(18,41)27(38)20(14)25(21)36/h11,14,16,18,24,35-36,39,41H,6-10,12-13H2,1-5H3,(H2,31,40)/t14-,16+,18-,24-,30-/m0/s1. The first-order valence-electron chi connectivity index (χ1n) is 14.2. The molecule has 0 radical (unpaired) electrons. The average Bonchev–Trinajstić information content (AvgIpc) is 3.32. The number of aliphatic hydroxyl groups excluding tert-OH is 2. The highest BCUT2D eigenvalue weighted by Crippen LogP contribution is 2.54. The second-order valence-electron chi connectivity index (χ2n) is 12.3. The van der Waals surface area contributed by atoms with Crippen LogP contribution in [0.2, 0.25) is 0 Å². The van der Waals surface area contributed by atoms with E-state index in [9.17, 15) is 34.8 Å². The Morgan fingerprint density at radius 1 is 1.19 bits per heavy atom. The summed E-state index contributed by atoms with van der Waals surface area (Å²) in [5.41, 5.74) is 4.17. The normalized spacial score (nSPS) is 29.6. The van der Waals surface area contributed by atoms with Crippen LogP contribution in [0.25, 0.3) is 5.76 Å². The Labute approximate surface area is 244 Å². The Balaban J connectivity index is 1.66. The van der Waals surface area contributed by atoms with Crippen molar-refractivity contribution in [1.29, 1.82) is 0 Å². The number of phenolic OH excluding ortho intramolecular Hbond substituents is 1. The zero-order valence-corrected chi connectivity index (χ0v) is 24.7. The first-order chi connectivity index (χ1) is 19.7. The molecule has 5 atom stereocenters. The van der Waals surface area contributed by atoms with E-state index in [0.29, 0.717) is 18.7 Å². The van der Waals surface area contributed by atoms with Gasteiger partial charge in [0.05, 0.1) is 18.2 Å². The molecule has 12 nitrogen and oxygen atoms in total. The SMILES string of the molecule is COC[C@H]1CCCN1Cc1cc(O)c2c(c1N(C)C)C[C@H]1C[C@H]3[C@H](N(C)C)C(=O)C(C(N)=O)=C(O)[C@@]3(O)C(=O)C1=C2O. The maximum Gasteiger partial charge on any atom is 0.255 e. The molecule has 6 N–H and O–H groups in total. The van der Waals surface area contributed by atoms with Gasteiger partial charge in [-0.1, -0.05) is 0 Å². The lowest BCUT2D eigenvalue weighted by molar-refractivity contribution is -0.153. The molecule has 1 aromatic rings. The van der Waals surface area contributed by atoms with Gasteiger partial charge in [-0.05, 0) is 69.4 Å². The highest BCUT2D eigenvalue weighted by atomic mass is 16.5. The van der Waals surface area contributed by atoms with E-state index >= 15 is 0 Å². The van der Waals surface area contributed by atoms with Crippen molar-refractivity contribution in [2.45, 2.75) is 49.9 Å². The summed E-state index contributed by atoms with van der Waals surface area (Å²) in [5.74, 6) is -6.58. The van der Waals surface area contributed by atoms with E-state index in [2.05, 4.69) is 4.90 Å². The molecule has 1 saturated heterocycles. The van der Waals surface area contributed by atoms with Crippen LogP contribution in [0.4, 0.5) is 5.69 Å². The average molecular weight is 585 g/mol. The van der Waals surface area contributed by atoms with Crippen molar-refractivity contribution in [1.82, 2.24) is 9.80 Å². The molecule has 12 heteroatoms. The van der Waals surface area contributed by atoms with Gasteiger partial charge in [0.15, 0.2) is 11.4 Å². The molecule has 228 valence electrons. The lowest BCUT2D eigenvalue weighted by Crippen LogP contribution is -2.65. The van der Waals surface area contributed by atoms with Gasteiger partial charge in [0.25, 0.3) is 5.91 Å². The fraction of sp³-hybridized carbons (Fsp3) is 0.567. The predicted molar refractivity (Wildman–Crippen MR) is 154 cm³/mol.